The number of rotatable bonds is 6. The van der Waals surface area contributed by atoms with Crippen molar-refractivity contribution in [3.05, 3.63) is 29.8 Å². The molecule has 1 saturated heterocycles. The van der Waals surface area contributed by atoms with Gasteiger partial charge in [-0.3, -0.25) is 4.79 Å². The first-order valence-electron chi connectivity index (χ1n) is 8.09. The summed E-state index contributed by atoms with van der Waals surface area (Å²) in [7, 11) is 0. The van der Waals surface area contributed by atoms with Gasteiger partial charge in [-0.05, 0) is 44.4 Å². The normalized spacial score (nSPS) is 14.0. The second-order valence-corrected chi connectivity index (χ2v) is 5.94. The molecule has 6 nitrogen and oxygen atoms in total. The molecular formula is C17H25N3O3. The second kappa shape index (κ2) is 8.41. The SMILES string of the molecule is CC(C)Oc1cccc(CNC(=O)NCC(=O)N2CCCC2)c1. The quantitative estimate of drug-likeness (QED) is 0.841. The van der Waals surface area contributed by atoms with E-state index in [1.165, 1.54) is 0 Å². The van der Waals surface area contributed by atoms with E-state index in [2.05, 4.69) is 10.6 Å². The van der Waals surface area contributed by atoms with Crippen LogP contribution < -0.4 is 15.4 Å². The maximum absolute atomic E-state index is 11.8. The summed E-state index contributed by atoms with van der Waals surface area (Å²) in [6.45, 7) is 5.96. The van der Waals surface area contributed by atoms with Crippen molar-refractivity contribution in [3.8, 4) is 5.75 Å². The topological polar surface area (TPSA) is 70.7 Å². The average molecular weight is 319 g/mol. The molecule has 1 heterocycles. The van der Waals surface area contributed by atoms with Crippen molar-refractivity contribution in [1.29, 1.82) is 0 Å². The molecule has 1 aliphatic heterocycles. The Balaban J connectivity index is 1.72. The van der Waals surface area contributed by atoms with Gasteiger partial charge in [0.25, 0.3) is 0 Å². The maximum Gasteiger partial charge on any atom is 0.315 e. The molecule has 0 bridgehead atoms. The molecule has 0 spiro atoms. The van der Waals surface area contributed by atoms with Crippen molar-refractivity contribution in [2.45, 2.75) is 39.3 Å². The third-order valence-corrected chi connectivity index (χ3v) is 3.58. The predicted molar refractivity (Wildman–Crippen MR) is 88.3 cm³/mol. The zero-order chi connectivity index (χ0) is 16.7. The van der Waals surface area contributed by atoms with Crippen LogP contribution in [0.1, 0.15) is 32.3 Å². The van der Waals surface area contributed by atoms with E-state index in [9.17, 15) is 9.59 Å². The van der Waals surface area contributed by atoms with Crippen LogP contribution in [0.3, 0.4) is 0 Å². The van der Waals surface area contributed by atoms with E-state index in [1.807, 2.05) is 38.1 Å². The van der Waals surface area contributed by atoms with E-state index >= 15 is 0 Å². The van der Waals surface area contributed by atoms with Crippen LogP contribution in [0.15, 0.2) is 24.3 Å². The molecule has 0 aromatic heterocycles. The van der Waals surface area contributed by atoms with Crippen LogP contribution in [0.4, 0.5) is 4.79 Å². The lowest BCUT2D eigenvalue weighted by Crippen LogP contribution is -2.42. The van der Waals surface area contributed by atoms with E-state index < -0.39 is 0 Å². The number of urea groups is 1. The summed E-state index contributed by atoms with van der Waals surface area (Å²) >= 11 is 0. The monoisotopic (exact) mass is 319 g/mol. The Morgan fingerprint density at radius 3 is 2.65 bits per heavy atom. The van der Waals surface area contributed by atoms with Crippen molar-refractivity contribution in [2.75, 3.05) is 19.6 Å². The number of likely N-dealkylation sites (tertiary alicyclic amines) is 1. The molecule has 0 saturated carbocycles. The zero-order valence-corrected chi connectivity index (χ0v) is 13.8. The van der Waals surface area contributed by atoms with E-state index in [0.29, 0.717) is 6.54 Å². The van der Waals surface area contributed by atoms with Gasteiger partial charge in [0.15, 0.2) is 0 Å². The molecule has 1 aliphatic rings. The summed E-state index contributed by atoms with van der Waals surface area (Å²) in [6.07, 6.45) is 2.21. The first-order chi connectivity index (χ1) is 11.0. The molecule has 1 aromatic carbocycles. The minimum atomic E-state index is -0.340. The Morgan fingerprint density at radius 2 is 1.96 bits per heavy atom. The van der Waals surface area contributed by atoms with Crippen LogP contribution in [0.25, 0.3) is 0 Å². The van der Waals surface area contributed by atoms with Crippen LogP contribution in [0.2, 0.25) is 0 Å². The lowest BCUT2D eigenvalue weighted by molar-refractivity contribution is -0.128. The third-order valence-electron chi connectivity index (χ3n) is 3.58. The molecule has 0 unspecified atom stereocenters. The van der Waals surface area contributed by atoms with Gasteiger partial charge in [0.05, 0.1) is 12.6 Å². The summed E-state index contributed by atoms with van der Waals surface area (Å²) in [4.78, 5) is 25.4. The standard InChI is InChI=1S/C17H25N3O3/c1-13(2)23-15-7-5-6-14(10-15)11-18-17(22)19-12-16(21)20-8-3-4-9-20/h5-7,10,13H,3-4,8-9,11-12H2,1-2H3,(H2,18,19,22). The number of carbonyl (C=O) groups excluding carboxylic acids is 2. The van der Waals surface area contributed by atoms with E-state index in [0.717, 1.165) is 37.2 Å². The van der Waals surface area contributed by atoms with Gasteiger partial charge in [-0.25, -0.2) is 4.79 Å². The van der Waals surface area contributed by atoms with Gasteiger partial charge in [0, 0.05) is 19.6 Å². The molecule has 126 valence electrons. The largest absolute Gasteiger partial charge is 0.491 e. The van der Waals surface area contributed by atoms with Crippen molar-refractivity contribution < 1.29 is 14.3 Å². The Hall–Kier alpha value is -2.24. The van der Waals surface area contributed by atoms with Crippen LogP contribution in [0.5, 0.6) is 5.75 Å². The van der Waals surface area contributed by atoms with Gasteiger partial charge in [-0.2, -0.15) is 0 Å². The van der Waals surface area contributed by atoms with Crippen LogP contribution >= 0.6 is 0 Å². The molecule has 0 radical (unpaired) electrons. The van der Waals surface area contributed by atoms with Gasteiger partial charge in [-0.1, -0.05) is 12.1 Å². The van der Waals surface area contributed by atoms with E-state index in [-0.39, 0.29) is 24.6 Å². The van der Waals surface area contributed by atoms with Crippen molar-refractivity contribution in [2.24, 2.45) is 0 Å². The molecule has 2 rings (SSSR count). The van der Waals surface area contributed by atoms with Gasteiger partial charge < -0.3 is 20.3 Å². The fraction of sp³-hybridized carbons (Fsp3) is 0.529. The van der Waals surface area contributed by atoms with E-state index in [4.69, 9.17) is 4.74 Å². The maximum atomic E-state index is 11.8. The van der Waals surface area contributed by atoms with Crippen LogP contribution in [-0.2, 0) is 11.3 Å². The number of benzene rings is 1. The van der Waals surface area contributed by atoms with Gasteiger partial charge in [0.2, 0.25) is 5.91 Å². The second-order valence-electron chi connectivity index (χ2n) is 5.94. The lowest BCUT2D eigenvalue weighted by atomic mass is 10.2. The van der Waals surface area contributed by atoms with Crippen molar-refractivity contribution >= 4 is 11.9 Å². The summed E-state index contributed by atoms with van der Waals surface area (Å²) in [5, 5.41) is 5.35. The summed E-state index contributed by atoms with van der Waals surface area (Å²) < 4.78 is 5.62. The molecule has 23 heavy (non-hydrogen) atoms. The number of ether oxygens (including phenoxy) is 1. The number of nitrogens with zero attached hydrogens (tertiary/aromatic N) is 1. The summed E-state index contributed by atoms with van der Waals surface area (Å²) in [6, 6.07) is 7.26. The number of nitrogens with one attached hydrogen (secondary N) is 2. The van der Waals surface area contributed by atoms with Gasteiger partial charge >= 0.3 is 6.03 Å². The fourth-order valence-electron chi connectivity index (χ4n) is 2.48. The highest BCUT2D eigenvalue weighted by molar-refractivity contribution is 5.84. The van der Waals surface area contributed by atoms with Gasteiger partial charge in [-0.15, -0.1) is 0 Å². The number of amides is 3. The van der Waals surface area contributed by atoms with Crippen LogP contribution in [0, 0.1) is 0 Å². The summed E-state index contributed by atoms with van der Waals surface area (Å²) in [5.41, 5.74) is 0.948. The zero-order valence-electron chi connectivity index (χ0n) is 13.8. The highest BCUT2D eigenvalue weighted by Crippen LogP contribution is 2.14. The molecule has 1 aromatic rings. The Morgan fingerprint density at radius 1 is 1.22 bits per heavy atom. The van der Waals surface area contributed by atoms with Crippen molar-refractivity contribution in [1.82, 2.24) is 15.5 Å². The first kappa shape index (κ1) is 17.1. The molecular weight excluding hydrogens is 294 g/mol. The molecule has 3 amide bonds. The molecule has 0 atom stereocenters. The van der Waals surface area contributed by atoms with Crippen molar-refractivity contribution in [3.63, 3.8) is 0 Å². The highest BCUT2D eigenvalue weighted by Gasteiger charge is 2.17. The van der Waals surface area contributed by atoms with Crippen LogP contribution in [-0.4, -0.2) is 42.6 Å². The molecule has 1 fully saturated rings. The van der Waals surface area contributed by atoms with Gasteiger partial charge in [0.1, 0.15) is 5.75 Å². The lowest BCUT2D eigenvalue weighted by Gasteiger charge is -2.15. The Kier molecular flexibility index (Phi) is 6.26. The molecule has 0 aliphatic carbocycles. The van der Waals surface area contributed by atoms with E-state index in [1.54, 1.807) is 4.90 Å². The number of hydrogen-bond donors (Lipinski definition) is 2. The number of hydrogen-bond acceptors (Lipinski definition) is 3. The minimum Gasteiger partial charge on any atom is -0.491 e. The Labute approximate surface area is 137 Å². The first-order valence-corrected chi connectivity index (χ1v) is 8.09. The fourth-order valence-corrected chi connectivity index (χ4v) is 2.48. The highest BCUT2D eigenvalue weighted by atomic mass is 16.5. The number of carbonyl (C=O) groups is 2. The average Bonchev–Trinajstić information content (AvgIpc) is 3.05. The molecule has 6 heteroatoms. The molecule has 2 N–H and O–H groups in total. The minimum absolute atomic E-state index is 0.0232. The summed E-state index contributed by atoms with van der Waals surface area (Å²) in [5.74, 6) is 0.758. The predicted octanol–water partition coefficient (Wildman–Crippen LogP) is 1.90. The third kappa shape index (κ3) is 5.81. The Bertz CT molecular complexity index is 540. The smallest absolute Gasteiger partial charge is 0.315 e.